The molecule has 59 heavy (non-hydrogen) atoms. The summed E-state index contributed by atoms with van der Waals surface area (Å²) >= 11 is 0. The van der Waals surface area contributed by atoms with Crippen LogP contribution in [0.4, 0.5) is 4.79 Å². The molecular formula is C43H48N4O12. The number of para-hydroxylation sites is 1. The van der Waals surface area contributed by atoms with Crippen LogP contribution in [-0.4, -0.2) is 85.9 Å². The second-order valence-corrected chi connectivity index (χ2v) is 13.4. The number of aldehydes is 1. The van der Waals surface area contributed by atoms with E-state index < -0.39 is 48.4 Å². The summed E-state index contributed by atoms with van der Waals surface area (Å²) in [6.45, 7) is 3.06. The van der Waals surface area contributed by atoms with Crippen molar-refractivity contribution in [2.45, 2.75) is 58.6 Å². The van der Waals surface area contributed by atoms with E-state index in [-0.39, 0.29) is 53.8 Å². The van der Waals surface area contributed by atoms with Gasteiger partial charge >= 0.3 is 18.0 Å². The molecule has 2 N–H and O–H groups in total. The van der Waals surface area contributed by atoms with E-state index in [0.717, 1.165) is 23.5 Å². The number of unbranched alkanes of at least 4 members (excludes halogenated alkanes) is 2. The first kappa shape index (κ1) is 44.7. The molecule has 0 saturated carbocycles. The van der Waals surface area contributed by atoms with Gasteiger partial charge in [-0.1, -0.05) is 81.6 Å². The van der Waals surface area contributed by atoms with E-state index in [9.17, 15) is 33.6 Å². The quantitative estimate of drug-likeness (QED) is 0.0311. The largest absolute Gasteiger partial charge is 0.481 e. The minimum absolute atomic E-state index is 0.0644. The minimum atomic E-state index is -0.974. The van der Waals surface area contributed by atoms with Crippen LogP contribution in [0, 0.1) is 5.92 Å². The molecule has 0 aliphatic heterocycles. The van der Waals surface area contributed by atoms with E-state index in [1.54, 1.807) is 25.1 Å². The fourth-order valence-electron chi connectivity index (χ4n) is 5.85. The number of nitrogens with zero attached hydrogens (tertiary/aromatic N) is 2. The van der Waals surface area contributed by atoms with E-state index in [4.69, 9.17) is 23.5 Å². The summed E-state index contributed by atoms with van der Waals surface area (Å²) in [6, 6.07) is 21.7. The summed E-state index contributed by atoms with van der Waals surface area (Å²) in [4.78, 5) is 95.2. The van der Waals surface area contributed by atoms with Crippen molar-refractivity contribution in [3.8, 4) is 22.8 Å². The van der Waals surface area contributed by atoms with Gasteiger partial charge in [0.15, 0.2) is 18.7 Å². The molecular weight excluding hydrogens is 764 g/mol. The Morgan fingerprint density at radius 1 is 0.847 bits per heavy atom. The van der Waals surface area contributed by atoms with Crippen LogP contribution in [0.5, 0.6) is 11.5 Å². The Kier molecular flexibility index (Phi) is 17.2. The van der Waals surface area contributed by atoms with Gasteiger partial charge in [0, 0.05) is 19.7 Å². The Morgan fingerprint density at radius 2 is 1.59 bits per heavy atom. The van der Waals surface area contributed by atoms with Gasteiger partial charge in [-0.15, -0.1) is 0 Å². The van der Waals surface area contributed by atoms with Crippen molar-refractivity contribution in [3.05, 3.63) is 107 Å². The number of esters is 1. The molecule has 4 rings (SSSR count). The van der Waals surface area contributed by atoms with Crippen LogP contribution in [0.2, 0.25) is 0 Å². The predicted molar refractivity (Wildman–Crippen MR) is 213 cm³/mol. The van der Waals surface area contributed by atoms with E-state index in [0.29, 0.717) is 31.1 Å². The Bertz CT molecular complexity index is 2070. The Labute approximate surface area is 341 Å². The lowest BCUT2D eigenvalue weighted by Gasteiger charge is -2.32. The van der Waals surface area contributed by atoms with Crippen LogP contribution < -0.4 is 20.1 Å². The summed E-state index contributed by atoms with van der Waals surface area (Å²) < 4.78 is 21.9. The molecule has 0 radical (unpaired) electrons. The normalized spacial score (nSPS) is 11.6. The topological polar surface area (TPSA) is 200 Å². The van der Waals surface area contributed by atoms with Crippen molar-refractivity contribution < 1.29 is 57.0 Å². The second-order valence-electron chi connectivity index (χ2n) is 13.4. The fraction of sp³-hybridized carbons (Fsp3) is 0.326. The molecule has 3 aromatic carbocycles. The first-order valence-electron chi connectivity index (χ1n) is 19.0. The van der Waals surface area contributed by atoms with Gasteiger partial charge in [0.1, 0.15) is 29.4 Å². The molecule has 2 unspecified atom stereocenters. The fourth-order valence-corrected chi connectivity index (χ4v) is 5.85. The van der Waals surface area contributed by atoms with E-state index >= 15 is 0 Å². The highest BCUT2D eigenvalue weighted by Crippen LogP contribution is 2.29. The van der Waals surface area contributed by atoms with Gasteiger partial charge in [0.2, 0.25) is 12.3 Å². The number of hydrogen-bond acceptors (Lipinski definition) is 12. The van der Waals surface area contributed by atoms with Crippen molar-refractivity contribution in [2.75, 3.05) is 27.4 Å². The maximum atomic E-state index is 13.6. The lowest BCUT2D eigenvalue weighted by Crippen LogP contribution is -2.49. The highest BCUT2D eigenvalue weighted by molar-refractivity contribution is 5.94. The number of carbonyl (C=O) groups excluding carboxylic acids is 7. The summed E-state index contributed by atoms with van der Waals surface area (Å²) in [5.41, 5.74) is 1.34. The third kappa shape index (κ3) is 13.0. The van der Waals surface area contributed by atoms with E-state index in [1.807, 2.05) is 37.3 Å². The van der Waals surface area contributed by atoms with Gasteiger partial charge < -0.3 is 39.0 Å². The number of hydrogen-bond donors (Lipinski definition) is 2. The predicted octanol–water partition coefficient (Wildman–Crippen LogP) is 5.95. The van der Waals surface area contributed by atoms with Gasteiger partial charge in [-0.25, -0.2) is 14.4 Å². The van der Waals surface area contributed by atoms with Crippen LogP contribution in [-0.2, 0) is 30.6 Å². The molecule has 16 nitrogen and oxygen atoms in total. The monoisotopic (exact) mass is 812 g/mol. The molecule has 0 saturated heterocycles. The number of hydroxylamine groups is 2. The van der Waals surface area contributed by atoms with E-state index in [1.165, 1.54) is 55.4 Å². The van der Waals surface area contributed by atoms with Crippen LogP contribution >= 0.6 is 0 Å². The number of benzene rings is 3. The van der Waals surface area contributed by atoms with Gasteiger partial charge in [-0.3, -0.25) is 19.2 Å². The molecule has 0 fully saturated rings. The zero-order chi connectivity index (χ0) is 42.7. The van der Waals surface area contributed by atoms with E-state index in [2.05, 4.69) is 10.6 Å². The average Bonchev–Trinajstić information content (AvgIpc) is 3.75. The number of carbonyl (C=O) groups is 7. The Morgan fingerprint density at radius 3 is 2.29 bits per heavy atom. The Balaban J connectivity index is 1.37. The van der Waals surface area contributed by atoms with Gasteiger partial charge in [-0.2, -0.15) is 5.06 Å². The smallest absolute Gasteiger partial charge is 0.414 e. The van der Waals surface area contributed by atoms with Crippen LogP contribution in [0.15, 0.2) is 89.3 Å². The molecule has 0 aliphatic rings. The molecule has 0 spiro atoms. The molecule has 4 amide bonds. The van der Waals surface area contributed by atoms with Gasteiger partial charge in [0.05, 0.1) is 24.2 Å². The summed E-state index contributed by atoms with van der Waals surface area (Å²) in [7, 11) is 2.96. The first-order valence-corrected chi connectivity index (χ1v) is 19.0. The van der Waals surface area contributed by atoms with Crippen molar-refractivity contribution in [1.29, 1.82) is 0 Å². The van der Waals surface area contributed by atoms with Crippen molar-refractivity contribution in [2.24, 2.45) is 5.92 Å². The highest BCUT2D eigenvalue weighted by atomic mass is 16.7. The maximum Gasteiger partial charge on any atom is 0.414 e. The summed E-state index contributed by atoms with van der Waals surface area (Å²) in [5.74, 6) is -3.38. The van der Waals surface area contributed by atoms with Crippen LogP contribution in [0.3, 0.4) is 0 Å². The lowest BCUT2D eigenvalue weighted by atomic mass is 9.90. The average molecular weight is 813 g/mol. The molecule has 1 heterocycles. The maximum absolute atomic E-state index is 13.6. The van der Waals surface area contributed by atoms with Crippen LogP contribution in [0.25, 0.3) is 11.3 Å². The summed E-state index contributed by atoms with van der Waals surface area (Å²) in [6.07, 6.45) is 3.05. The van der Waals surface area contributed by atoms with Crippen molar-refractivity contribution in [1.82, 2.24) is 20.6 Å². The zero-order valence-corrected chi connectivity index (χ0v) is 33.3. The Hall–Kier alpha value is -6.97. The molecule has 0 bridgehead atoms. The molecule has 0 aliphatic carbocycles. The highest BCUT2D eigenvalue weighted by Gasteiger charge is 2.34. The molecule has 1 aromatic heterocycles. The SMILES string of the molecule is CCCCCC(C(=O)NCNC(=O)c1ccc(-c2ccc(C=O)c(OCC(=O)OCc3ccccc3)c2)o1)C(CC)N(C=O)OC(=O)c1ccccc1OC(=O)N(C)C. The molecule has 312 valence electrons. The number of furan rings is 1. The number of rotatable bonds is 22. The molecule has 4 aromatic rings. The number of amides is 4. The van der Waals surface area contributed by atoms with Crippen LogP contribution in [0.1, 0.15) is 82.8 Å². The standard InChI is InChI=1S/C43H48N4O12/c1-5-7-9-16-32(34(6-2)47(28-49)59-42(53)33-17-12-13-18-36(33)58-43(54)46(3)4)40(51)44-27-45-41(52)37-22-21-35(57-37)30-19-20-31(24-48)38(23-30)55-26-39(50)56-25-29-14-10-8-11-15-29/h8,10-15,17-24,28,32,34H,5-7,9,16,25-27H2,1-4H3,(H,44,51)(H,45,52). The van der Waals surface area contributed by atoms with Crippen molar-refractivity contribution in [3.63, 3.8) is 0 Å². The third-order valence-electron chi connectivity index (χ3n) is 8.98. The third-order valence-corrected chi connectivity index (χ3v) is 8.98. The number of nitrogens with one attached hydrogen (secondary N) is 2. The minimum Gasteiger partial charge on any atom is -0.481 e. The summed E-state index contributed by atoms with van der Waals surface area (Å²) in [5, 5.41) is 6.06. The van der Waals surface area contributed by atoms with Crippen molar-refractivity contribution >= 4 is 42.5 Å². The molecule has 2 atom stereocenters. The lowest BCUT2D eigenvalue weighted by molar-refractivity contribution is -0.171. The zero-order valence-electron chi connectivity index (χ0n) is 33.3. The van der Waals surface area contributed by atoms with Gasteiger partial charge in [0.25, 0.3) is 5.91 Å². The van der Waals surface area contributed by atoms with Gasteiger partial charge in [-0.05, 0) is 54.8 Å². The molecule has 16 heteroatoms. The first-order chi connectivity index (χ1) is 28.5. The second kappa shape index (κ2) is 22.7. The number of ether oxygens (including phenoxy) is 3.